The van der Waals surface area contributed by atoms with Gasteiger partial charge in [0.25, 0.3) is 0 Å². The van der Waals surface area contributed by atoms with Crippen molar-refractivity contribution in [3.8, 4) is 0 Å². The van der Waals surface area contributed by atoms with Crippen LogP contribution in [0.1, 0.15) is 9.75 Å². The van der Waals surface area contributed by atoms with Crippen molar-refractivity contribution >= 4 is 17.0 Å². The van der Waals surface area contributed by atoms with E-state index in [0.29, 0.717) is 18.7 Å². The molecule has 0 saturated heterocycles. The number of hydrogen-bond acceptors (Lipinski definition) is 2. The zero-order chi connectivity index (χ0) is 12.4. The molecule has 2 aromatic rings. The molecule has 0 saturated carbocycles. The van der Waals surface area contributed by atoms with Crippen molar-refractivity contribution in [1.82, 2.24) is 0 Å². The third-order valence-corrected chi connectivity index (χ3v) is 3.24. The van der Waals surface area contributed by atoms with Gasteiger partial charge in [0.1, 0.15) is 11.5 Å². The van der Waals surface area contributed by atoms with Crippen molar-refractivity contribution in [2.24, 2.45) is 0 Å². The molecule has 0 radical (unpaired) electrons. The van der Waals surface area contributed by atoms with Crippen LogP contribution >= 0.6 is 11.3 Å². The Morgan fingerprint density at radius 2 is 1.76 bits per heavy atom. The topological polar surface area (TPSA) is 12.0 Å². The van der Waals surface area contributed by atoms with Crippen molar-refractivity contribution in [2.75, 3.05) is 5.32 Å². The average molecular weight is 257 g/mol. The quantitative estimate of drug-likeness (QED) is 0.873. The zero-order valence-corrected chi connectivity index (χ0v) is 9.88. The monoisotopic (exact) mass is 257 g/mol. The predicted octanol–water partition coefficient (Wildman–Crippen LogP) is 4.09. The highest BCUT2D eigenvalue weighted by Crippen LogP contribution is 2.22. The molecule has 0 spiro atoms. The molecule has 0 unspecified atom stereocenters. The lowest BCUT2D eigenvalue weighted by Crippen LogP contribution is -2.03. The van der Waals surface area contributed by atoms with Crippen LogP contribution in [0.2, 0.25) is 0 Å². The van der Waals surface area contributed by atoms with E-state index in [4.69, 9.17) is 0 Å². The van der Waals surface area contributed by atoms with Crippen LogP contribution in [0.5, 0.6) is 0 Å². The van der Waals surface area contributed by atoms with Crippen molar-refractivity contribution in [3.05, 3.63) is 51.5 Å². The van der Waals surface area contributed by atoms with Gasteiger partial charge in [0.05, 0.1) is 0 Å². The summed E-state index contributed by atoms with van der Waals surface area (Å²) < 4.78 is 39.2. The Balaban J connectivity index is 2.14. The number of benzene rings is 1. The van der Waals surface area contributed by atoms with Crippen LogP contribution in [-0.2, 0) is 6.54 Å². The van der Waals surface area contributed by atoms with Gasteiger partial charge in [-0.2, -0.15) is 0 Å². The third-order valence-electron chi connectivity index (χ3n) is 2.24. The molecule has 0 bridgehead atoms. The van der Waals surface area contributed by atoms with E-state index < -0.39 is 17.5 Å². The highest BCUT2D eigenvalue weighted by molar-refractivity contribution is 7.11. The Morgan fingerprint density at radius 3 is 2.29 bits per heavy atom. The first-order valence-electron chi connectivity index (χ1n) is 5.00. The lowest BCUT2D eigenvalue weighted by Gasteiger charge is -2.07. The fourth-order valence-electron chi connectivity index (χ4n) is 1.47. The van der Waals surface area contributed by atoms with Gasteiger partial charge in [-0.1, -0.05) is 0 Å². The molecule has 0 amide bonds. The van der Waals surface area contributed by atoms with Gasteiger partial charge in [-0.3, -0.25) is 0 Å². The van der Waals surface area contributed by atoms with Gasteiger partial charge in [-0.15, -0.1) is 11.3 Å². The normalized spacial score (nSPS) is 10.6. The summed E-state index contributed by atoms with van der Waals surface area (Å²) in [6.07, 6.45) is 0. The van der Waals surface area contributed by atoms with Gasteiger partial charge >= 0.3 is 0 Å². The molecule has 0 aliphatic rings. The van der Waals surface area contributed by atoms with E-state index in [-0.39, 0.29) is 5.69 Å². The zero-order valence-electron chi connectivity index (χ0n) is 9.06. The van der Waals surface area contributed by atoms with Crippen molar-refractivity contribution in [1.29, 1.82) is 0 Å². The van der Waals surface area contributed by atoms with Crippen LogP contribution < -0.4 is 5.32 Å². The van der Waals surface area contributed by atoms with Gasteiger partial charge in [-0.25, -0.2) is 13.2 Å². The van der Waals surface area contributed by atoms with Crippen LogP contribution in [0.15, 0.2) is 24.3 Å². The van der Waals surface area contributed by atoms with E-state index in [0.717, 1.165) is 9.75 Å². The van der Waals surface area contributed by atoms with Gasteiger partial charge < -0.3 is 5.32 Å². The molecule has 0 aliphatic carbocycles. The summed E-state index contributed by atoms with van der Waals surface area (Å²) in [5, 5.41) is 2.63. The Hall–Kier alpha value is -1.49. The Bertz CT molecular complexity index is 513. The molecule has 1 N–H and O–H groups in total. The van der Waals surface area contributed by atoms with E-state index in [2.05, 4.69) is 5.32 Å². The summed E-state index contributed by atoms with van der Waals surface area (Å²) in [4.78, 5) is 2.09. The number of anilines is 1. The summed E-state index contributed by atoms with van der Waals surface area (Å²) in [5.41, 5.74) is -0.294. The molecule has 90 valence electrons. The highest BCUT2D eigenvalue weighted by Gasteiger charge is 2.11. The molecule has 1 heterocycles. The number of aryl methyl sites for hydroxylation is 1. The van der Waals surface area contributed by atoms with E-state index in [1.165, 1.54) is 0 Å². The Morgan fingerprint density at radius 1 is 1.12 bits per heavy atom. The van der Waals surface area contributed by atoms with E-state index in [1.54, 1.807) is 11.3 Å². The SMILES string of the molecule is Cc1ccc(CNc2c(F)cc(F)cc2F)s1. The van der Waals surface area contributed by atoms with Crippen LogP contribution in [0, 0.1) is 24.4 Å². The second kappa shape index (κ2) is 4.79. The molecule has 1 aromatic carbocycles. The van der Waals surface area contributed by atoms with Crippen LogP contribution in [0.4, 0.5) is 18.9 Å². The summed E-state index contributed by atoms with van der Waals surface area (Å²) in [6, 6.07) is 5.13. The maximum absolute atomic E-state index is 13.3. The third kappa shape index (κ3) is 2.79. The minimum atomic E-state index is -0.921. The van der Waals surface area contributed by atoms with Gasteiger partial charge in [0, 0.05) is 28.4 Å². The maximum Gasteiger partial charge on any atom is 0.152 e. The van der Waals surface area contributed by atoms with E-state index in [9.17, 15) is 13.2 Å². The Labute approximate surface area is 101 Å². The summed E-state index contributed by atoms with van der Waals surface area (Å²) in [5.74, 6) is -2.76. The molecular weight excluding hydrogens is 247 g/mol. The first-order chi connectivity index (χ1) is 8.06. The van der Waals surface area contributed by atoms with Crippen molar-refractivity contribution in [2.45, 2.75) is 13.5 Å². The fraction of sp³-hybridized carbons (Fsp3) is 0.167. The molecule has 1 aromatic heterocycles. The first kappa shape index (κ1) is 12.0. The smallest absolute Gasteiger partial charge is 0.152 e. The predicted molar refractivity (Wildman–Crippen MR) is 62.7 cm³/mol. The number of rotatable bonds is 3. The van der Waals surface area contributed by atoms with Gasteiger partial charge in [0.2, 0.25) is 0 Å². The largest absolute Gasteiger partial charge is 0.375 e. The van der Waals surface area contributed by atoms with Crippen LogP contribution in [-0.4, -0.2) is 0 Å². The standard InChI is InChI=1S/C12H10F3NS/c1-7-2-3-9(17-7)6-16-12-10(14)4-8(13)5-11(12)15/h2-5,16H,6H2,1H3. The number of thiophene rings is 1. The second-order valence-electron chi connectivity index (χ2n) is 3.61. The molecule has 0 aliphatic heterocycles. The highest BCUT2D eigenvalue weighted by atomic mass is 32.1. The summed E-state index contributed by atoms with van der Waals surface area (Å²) in [7, 11) is 0. The summed E-state index contributed by atoms with van der Waals surface area (Å²) >= 11 is 1.54. The molecule has 17 heavy (non-hydrogen) atoms. The van der Waals surface area contributed by atoms with Crippen molar-refractivity contribution in [3.63, 3.8) is 0 Å². The first-order valence-corrected chi connectivity index (χ1v) is 5.81. The number of hydrogen-bond donors (Lipinski definition) is 1. The second-order valence-corrected chi connectivity index (χ2v) is 4.98. The molecule has 0 fully saturated rings. The Kier molecular flexibility index (Phi) is 3.38. The molecule has 0 atom stereocenters. The lowest BCUT2D eigenvalue weighted by atomic mass is 10.2. The fourth-order valence-corrected chi connectivity index (χ4v) is 2.30. The minimum Gasteiger partial charge on any atom is -0.375 e. The number of nitrogens with one attached hydrogen (secondary N) is 1. The van der Waals surface area contributed by atoms with Crippen molar-refractivity contribution < 1.29 is 13.2 Å². The van der Waals surface area contributed by atoms with E-state index >= 15 is 0 Å². The minimum absolute atomic E-state index is 0.294. The lowest BCUT2D eigenvalue weighted by molar-refractivity contribution is 0.547. The summed E-state index contributed by atoms with van der Waals surface area (Å²) in [6.45, 7) is 2.27. The number of halogens is 3. The van der Waals surface area contributed by atoms with Gasteiger partial charge in [0.15, 0.2) is 11.6 Å². The molecular formula is C12H10F3NS. The maximum atomic E-state index is 13.3. The molecule has 5 heteroatoms. The van der Waals surface area contributed by atoms with Gasteiger partial charge in [-0.05, 0) is 19.1 Å². The average Bonchev–Trinajstić information content (AvgIpc) is 2.62. The van der Waals surface area contributed by atoms with Crippen LogP contribution in [0.25, 0.3) is 0 Å². The van der Waals surface area contributed by atoms with E-state index in [1.807, 2.05) is 19.1 Å². The molecule has 2 rings (SSSR count). The molecule has 1 nitrogen and oxygen atoms in total. The van der Waals surface area contributed by atoms with Crippen LogP contribution in [0.3, 0.4) is 0 Å².